The fourth-order valence-electron chi connectivity index (χ4n) is 7.72. The van der Waals surface area contributed by atoms with Crippen molar-refractivity contribution in [1.29, 1.82) is 0 Å². The van der Waals surface area contributed by atoms with Crippen LogP contribution in [0.25, 0.3) is 5.65 Å². The van der Waals surface area contributed by atoms with Crippen LogP contribution in [-0.4, -0.2) is 59.0 Å². The molecule has 0 radical (unpaired) electrons. The molecule has 2 aromatic heterocycles. The van der Waals surface area contributed by atoms with E-state index >= 15 is 0 Å². The quantitative estimate of drug-likeness (QED) is 0.732. The minimum atomic E-state index is 0.0474. The number of hydrogen-bond acceptors (Lipinski definition) is 4. The number of carbonyl (C=O) groups is 1. The molecule has 6 heteroatoms. The molecule has 2 aromatic rings. The third kappa shape index (κ3) is 3.96. The first-order chi connectivity index (χ1) is 15.6. The number of nitrogens with one attached hydrogen (secondary N) is 2. The van der Waals surface area contributed by atoms with Gasteiger partial charge in [-0.2, -0.15) is 0 Å². The van der Waals surface area contributed by atoms with Crippen LogP contribution < -0.4 is 10.6 Å². The van der Waals surface area contributed by atoms with Gasteiger partial charge < -0.3 is 15.5 Å². The minimum Gasteiger partial charge on any atom is -0.350 e. The maximum absolute atomic E-state index is 13.2. The number of carbonyl (C=O) groups excluding carboxylic acids is 1. The SMILES string of the molecule is C[C@@H]1CN(CCc2cn3c(C(=O)NCC45CC6CC(CC(C6)C4)C5)cccc3n2)CCN1. The summed E-state index contributed by atoms with van der Waals surface area (Å²) in [5.41, 5.74) is 3.01. The number of pyridine rings is 1. The van der Waals surface area contributed by atoms with Crippen LogP contribution in [0.15, 0.2) is 24.4 Å². The molecule has 172 valence electrons. The van der Waals surface area contributed by atoms with E-state index in [2.05, 4.69) is 28.7 Å². The third-order valence-electron chi connectivity index (χ3n) is 8.70. The highest BCUT2D eigenvalue weighted by Gasteiger charge is 2.50. The van der Waals surface area contributed by atoms with Gasteiger partial charge in [0.25, 0.3) is 5.91 Å². The van der Waals surface area contributed by atoms with Crippen LogP contribution in [-0.2, 0) is 6.42 Å². The van der Waals surface area contributed by atoms with Crippen molar-refractivity contribution >= 4 is 11.6 Å². The van der Waals surface area contributed by atoms with Crippen LogP contribution in [0.5, 0.6) is 0 Å². The van der Waals surface area contributed by atoms with E-state index in [1.807, 2.05) is 22.6 Å². The second-order valence-electron chi connectivity index (χ2n) is 11.4. The fraction of sp³-hybridized carbons (Fsp3) is 0.692. The molecule has 32 heavy (non-hydrogen) atoms. The lowest BCUT2D eigenvalue weighted by atomic mass is 9.49. The van der Waals surface area contributed by atoms with Gasteiger partial charge >= 0.3 is 0 Å². The summed E-state index contributed by atoms with van der Waals surface area (Å²) in [4.78, 5) is 20.5. The molecule has 0 aromatic carbocycles. The first kappa shape index (κ1) is 20.7. The molecule has 1 atom stereocenters. The van der Waals surface area contributed by atoms with Crippen LogP contribution >= 0.6 is 0 Å². The molecule has 5 aliphatic rings. The summed E-state index contributed by atoms with van der Waals surface area (Å²) in [6.07, 6.45) is 11.3. The Balaban J connectivity index is 1.13. The lowest BCUT2D eigenvalue weighted by Crippen LogP contribution is -2.51. The average molecular weight is 436 g/mol. The van der Waals surface area contributed by atoms with Gasteiger partial charge in [0.2, 0.25) is 0 Å². The molecule has 0 unspecified atom stereocenters. The van der Waals surface area contributed by atoms with Gasteiger partial charge in [-0.05, 0) is 80.8 Å². The van der Waals surface area contributed by atoms with Crippen molar-refractivity contribution in [2.24, 2.45) is 23.2 Å². The zero-order valence-electron chi connectivity index (χ0n) is 19.4. The summed E-state index contributed by atoms with van der Waals surface area (Å²) in [5, 5.41) is 6.84. The fourth-order valence-corrected chi connectivity index (χ4v) is 7.72. The number of imidazole rings is 1. The highest BCUT2D eigenvalue weighted by Crippen LogP contribution is 2.59. The topological polar surface area (TPSA) is 61.7 Å². The maximum Gasteiger partial charge on any atom is 0.268 e. The molecule has 1 saturated heterocycles. The van der Waals surface area contributed by atoms with Gasteiger partial charge in [-0.1, -0.05) is 6.07 Å². The average Bonchev–Trinajstić information content (AvgIpc) is 3.18. The lowest BCUT2D eigenvalue weighted by Gasteiger charge is -2.56. The second-order valence-corrected chi connectivity index (χ2v) is 11.4. The van der Waals surface area contributed by atoms with Gasteiger partial charge in [0.05, 0.1) is 5.69 Å². The number of fused-ring (bicyclic) bond motifs is 1. The van der Waals surface area contributed by atoms with Crippen molar-refractivity contribution < 1.29 is 4.79 Å². The summed E-state index contributed by atoms with van der Waals surface area (Å²) in [6, 6.07) is 6.45. The van der Waals surface area contributed by atoms with Crippen LogP contribution in [0.2, 0.25) is 0 Å². The van der Waals surface area contributed by atoms with Crippen LogP contribution in [0, 0.1) is 23.2 Å². The van der Waals surface area contributed by atoms with Crippen molar-refractivity contribution in [1.82, 2.24) is 24.9 Å². The highest BCUT2D eigenvalue weighted by molar-refractivity contribution is 5.93. The molecule has 4 bridgehead atoms. The maximum atomic E-state index is 13.2. The van der Waals surface area contributed by atoms with Gasteiger partial charge in [0, 0.05) is 51.4 Å². The molecule has 7 rings (SSSR count). The molecular weight excluding hydrogens is 398 g/mol. The van der Waals surface area contributed by atoms with E-state index in [4.69, 9.17) is 4.98 Å². The monoisotopic (exact) mass is 435 g/mol. The summed E-state index contributed by atoms with van der Waals surface area (Å²) >= 11 is 0. The number of rotatable bonds is 6. The summed E-state index contributed by atoms with van der Waals surface area (Å²) in [7, 11) is 0. The predicted octanol–water partition coefficient (Wildman–Crippen LogP) is 3.12. The van der Waals surface area contributed by atoms with Crippen molar-refractivity contribution in [2.75, 3.05) is 32.7 Å². The molecular formula is C26H37N5O. The zero-order valence-corrected chi connectivity index (χ0v) is 19.4. The summed E-state index contributed by atoms with van der Waals surface area (Å²) in [5.74, 6) is 2.79. The van der Waals surface area contributed by atoms with Crippen molar-refractivity contribution in [3.05, 3.63) is 35.8 Å². The molecule has 3 heterocycles. The van der Waals surface area contributed by atoms with Crippen molar-refractivity contribution in [2.45, 2.75) is 57.9 Å². The van der Waals surface area contributed by atoms with Gasteiger partial charge in [-0.15, -0.1) is 0 Å². The number of aromatic nitrogens is 2. The Morgan fingerprint density at radius 1 is 1.19 bits per heavy atom. The Bertz CT molecular complexity index is 962. The largest absolute Gasteiger partial charge is 0.350 e. The molecule has 6 nitrogen and oxygen atoms in total. The summed E-state index contributed by atoms with van der Waals surface area (Å²) < 4.78 is 1.99. The first-order valence-electron chi connectivity index (χ1n) is 12.8. The van der Waals surface area contributed by atoms with Crippen LogP contribution in [0.4, 0.5) is 0 Å². The highest BCUT2D eigenvalue weighted by atomic mass is 16.1. The number of nitrogens with zero attached hydrogens (tertiary/aromatic N) is 3. The van der Waals surface area contributed by atoms with Gasteiger partial charge in [-0.3, -0.25) is 9.20 Å². The number of amides is 1. The Hall–Kier alpha value is -1.92. The molecule has 0 spiro atoms. The van der Waals surface area contributed by atoms with E-state index in [-0.39, 0.29) is 5.91 Å². The molecule has 4 aliphatic carbocycles. The van der Waals surface area contributed by atoms with E-state index in [0.717, 1.165) is 68.2 Å². The van der Waals surface area contributed by atoms with Crippen LogP contribution in [0.1, 0.15) is 61.6 Å². The van der Waals surface area contributed by atoms with E-state index in [1.165, 1.54) is 38.5 Å². The molecule has 1 aliphatic heterocycles. The minimum absolute atomic E-state index is 0.0474. The molecule has 4 saturated carbocycles. The second kappa shape index (κ2) is 8.14. The van der Waals surface area contributed by atoms with Gasteiger partial charge in [-0.25, -0.2) is 4.98 Å². The van der Waals surface area contributed by atoms with Gasteiger partial charge in [0.15, 0.2) is 0 Å². The number of hydrogen-bond donors (Lipinski definition) is 2. The van der Waals surface area contributed by atoms with Crippen molar-refractivity contribution in [3.8, 4) is 0 Å². The Morgan fingerprint density at radius 2 is 1.94 bits per heavy atom. The Morgan fingerprint density at radius 3 is 2.66 bits per heavy atom. The van der Waals surface area contributed by atoms with Crippen LogP contribution in [0.3, 0.4) is 0 Å². The van der Waals surface area contributed by atoms with E-state index in [9.17, 15) is 4.79 Å². The smallest absolute Gasteiger partial charge is 0.268 e. The van der Waals surface area contributed by atoms with E-state index in [0.29, 0.717) is 17.2 Å². The number of piperazine rings is 1. The third-order valence-corrected chi connectivity index (χ3v) is 8.70. The Kier molecular flexibility index (Phi) is 5.26. The molecule has 5 fully saturated rings. The van der Waals surface area contributed by atoms with Gasteiger partial charge in [0.1, 0.15) is 11.3 Å². The van der Waals surface area contributed by atoms with E-state index < -0.39 is 0 Å². The zero-order chi connectivity index (χ0) is 21.7. The predicted molar refractivity (Wildman–Crippen MR) is 126 cm³/mol. The summed E-state index contributed by atoms with van der Waals surface area (Å²) in [6.45, 7) is 7.34. The van der Waals surface area contributed by atoms with Crippen molar-refractivity contribution in [3.63, 3.8) is 0 Å². The normalized spacial score (nSPS) is 34.3. The lowest BCUT2D eigenvalue weighted by molar-refractivity contribution is -0.0503. The Labute approximate surface area is 191 Å². The molecule has 1 amide bonds. The van der Waals surface area contributed by atoms with E-state index in [1.54, 1.807) is 0 Å². The standard InChI is InChI=1S/C26H37N5O/c1-18-15-30(8-6-27-18)7-5-22-16-31-23(3-2-4-24(31)29-22)25(32)28-17-26-12-19-9-20(13-26)11-21(10-19)14-26/h2-4,16,18-21,27H,5-15,17H2,1H3,(H,28,32)/t18-,19?,20?,21?,26?/m1/s1. The first-order valence-corrected chi connectivity index (χ1v) is 12.8. The molecule has 2 N–H and O–H groups in total.